The first-order chi connectivity index (χ1) is 6.04. The fourth-order valence-corrected chi connectivity index (χ4v) is 1.77. The Labute approximate surface area is 100 Å². The summed E-state index contributed by atoms with van der Waals surface area (Å²) in [6.45, 7) is 10.9. The molecule has 0 bridgehead atoms. The van der Waals surface area contributed by atoms with Crippen LogP contribution in [0.4, 0.5) is 0 Å². The average molecular weight is 188 g/mol. The van der Waals surface area contributed by atoms with E-state index in [0.29, 0.717) is 11.5 Å². The van der Waals surface area contributed by atoms with Crippen molar-refractivity contribution in [2.45, 2.75) is 46.6 Å². The normalized spacial score (nSPS) is 28.9. The summed E-state index contributed by atoms with van der Waals surface area (Å²) in [5, 5.41) is 0. The van der Waals surface area contributed by atoms with Crippen LogP contribution in [-0.4, -0.2) is 6.10 Å². The zero-order chi connectivity index (χ0) is 9.90. The Hall–Kier alpha value is 0.297. The summed E-state index contributed by atoms with van der Waals surface area (Å²) in [6.07, 6.45) is 6.78. The third-order valence-corrected chi connectivity index (χ3v) is 2.80. The molecule has 1 nitrogen and oxygen atoms in total. The van der Waals surface area contributed by atoms with Gasteiger partial charge in [0.25, 0.3) is 0 Å². The van der Waals surface area contributed by atoms with Crippen LogP contribution in [0.2, 0.25) is 0 Å². The molecule has 1 rings (SSSR count). The van der Waals surface area contributed by atoms with Crippen molar-refractivity contribution in [1.29, 1.82) is 0 Å². The van der Waals surface area contributed by atoms with Crippen LogP contribution in [0.3, 0.4) is 0 Å². The fourth-order valence-electron chi connectivity index (χ4n) is 1.77. The number of ether oxygens (including phenoxy) is 1. The van der Waals surface area contributed by atoms with Gasteiger partial charge in [0, 0.05) is 6.10 Å². The Morgan fingerprint density at radius 3 is 2.50 bits per heavy atom. The van der Waals surface area contributed by atoms with Crippen molar-refractivity contribution >= 4 is 0 Å². The van der Waals surface area contributed by atoms with E-state index in [2.05, 4.69) is 32.9 Å². The van der Waals surface area contributed by atoms with Crippen molar-refractivity contribution in [2.24, 2.45) is 11.3 Å². The molecule has 0 N–H and O–H groups in total. The molecule has 0 radical (unpaired) electrons. The van der Waals surface area contributed by atoms with Gasteiger partial charge in [0.2, 0.25) is 0 Å². The standard InChI is InChI=1S/C12H21O.Li/c1-5-6-11-9-10(7-8-13-11)12(2,3)4;/h5-6,8,10-11H,7,9H2,1-4H3;/q-1;+1/b6-5+;/t10-,11-;/m0./s1. The molecule has 1 aliphatic rings. The van der Waals surface area contributed by atoms with Crippen LogP contribution in [0.1, 0.15) is 40.5 Å². The van der Waals surface area contributed by atoms with Crippen molar-refractivity contribution in [2.75, 3.05) is 0 Å². The van der Waals surface area contributed by atoms with Gasteiger partial charge in [-0.2, -0.15) is 6.42 Å². The van der Waals surface area contributed by atoms with E-state index >= 15 is 0 Å². The molecule has 2 atom stereocenters. The van der Waals surface area contributed by atoms with Crippen LogP contribution in [0.15, 0.2) is 12.2 Å². The summed E-state index contributed by atoms with van der Waals surface area (Å²) < 4.78 is 5.53. The van der Waals surface area contributed by atoms with E-state index < -0.39 is 0 Å². The summed E-state index contributed by atoms with van der Waals surface area (Å²) in [7, 11) is 0. The predicted octanol–water partition coefficient (Wildman–Crippen LogP) is 0.570. The van der Waals surface area contributed by atoms with Crippen LogP contribution in [0.25, 0.3) is 0 Å². The van der Waals surface area contributed by atoms with Gasteiger partial charge in [-0.15, -0.1) is 0 Å². The number of hydrogen-bond acceptors (Lipinski definition) is 1. The summed E-state index contributed by atoms with van der Waals surface area (Å²) >= 11 is 0. The first kappa shape index (κ1) is 14.3. The molecule has 0 aromatic rings. The van der Waals surface area contributed by atoms with E-state index in [9.17, 15) is 0 Å². The third kappa shape index (κ3) is 4.21. The topological polar surface area (TPSA) is 9.23 Å². The molecule has 76 valence electrons. The van der Waals surface area contributed by atoms with E-state index in [1.165, 1.54) is 0 Å². The second-order valence-electron chi connectivity index (χ2n) is 4.90. The molecule has 0 saturated carbocycles. The van der Waals surface area contributed by atoms with Gasteiger partial charge in [0.1, 0.15) is 0 Å². The van der Waals surface area contributed by atoms with Gasteiger partial charge < -0.3 is 4.74 Å². The van der Waals surface area contributed by atoms with Gasteiger partial charge in [-0.05, 0) is 18.8 Å². The summed E-state index contributed by atoms with van der Waals surface area (Å²) in [5.74, 6) is 0.752. The summed E-state index contributed by atoms with van der Waals surface area (Å²) in [5.41, 5.74) is 0.403. The smallest absolute Gasteiger partial charge is 0.547 e. The second kappa shape index (κ2) is 6.01. The Morgan fingerprint density at radius 2 is 2.00 bits per heavy atom. The molecule has 14 heavy (non-hydrogen) atoms. The van der Waals surface area contributed by atoms with E-state index in [0.717, 1.165) is 18.8 Å². The Morgan fingerprint density at radius 1 is 1.36 bits per heavy atom. The molecule has 2 heteroatoms. The van der Waals surface area contributed by atoms with Gasteiger partial charge in [-0.25, -0.2) is 6.61 Å². The van der Waals surface area contributed by atoms with Crippen molar-refractivity contribution in [3.63, 3.8) is 0 Å². The number of rotatable bonds is 1. The zero-order valence-electron chi connectivity index (χ0n) is 10.2. The molecule has 1 fully saturated rings. The van der Waals surface area contributed by atoms with Crippen LogP contribution in [-0.2, 0) is 4.74 Å². The predicted molar refractivity (Wildman–Crippen MR) is 56.2 cm³/mol. The van der Waals surface area contributed by atoms with Gasteiger partial charge in [-0.1, -0.05) is 38.8 Å². The van der Waals surface area contributed by atoms with Crippen molar-refractivity contribution in [3.05, 3.63) is 18.8 Å². The fraction of sp³-hybridized carbons (Fsp3) is 0.750. The van der Waals surface area contributed by atoms with Crippen molar-refractivity contribution in [1.82, 2.24) is 0 Å². The van der Waals surface area contributed by atoms with Gasteiger partial charge in [-0.3, -0.25) is 0 Å². The minimum atomic E-state index is 0. The van der Waals surface area contributed by atoms with E-state index in [1.807, 2.05) is 13.5 Å². The van der Waals surface area contributed by atoms with Crippen molar-refractivity contribution < 1.29 is 23.6 Å². The maximum Gasteiger partial charge on any atom is 1.00 e. The maximum absolute atomic E-state index is 5.53. The van der Waals surface area contributed by atoms with E-state index in [1.54, 1.807) is 0 Å². The summed E-state index contributed by atoms with van der Waals surface area (Å²) in [4.78, 5) is 0. The zero-order valence-corrected chi connectivity index (χ0v) is 10.2. The molecular weight excluding hydrogens is 167 g/mol. The Bertz CT molecular complexity index is 181. The molecule has 0 amide bonds. The number of allylic oxidation sites excluding steroid dienone is 1. The maximum atomic E-state index is 5.53. The van der Waals surface area contributed by atoms with Crippen LogP contribution < -0.4 is 18.9 Å². The quantitative estimate of drug-likeness (QED) is 0.332. The second-order valence-corrected chi connectivity index (χ2v) is 4.90. The molecule has 0 spiro atoms. The van der Waals surface area contributed by atoms with Crippen molar-refractivity contribution in [3.8, 4) is 0 Å². The third-order valence-electron chi connectivity index (χ3n) is 2.80. The minimum Gasteiger partial charge on any atom is -0.547 e. The first-order valence-corrected chi connectivity index (χ1v) is 5.14. The van der Waals surface area contributed by atoms with E-state index in [-0.39, 0.29) is 18.9 Å². The molecule has 0 aliphatic carbocycles. The van der Waals surface area contributed by atoms with Gasteiger partial charge in [0.15, 0.2) is 0 Å². The monoisotopic (exact) mass is 188 g/mol. The number of hydrogen-bond donors (Lipinski definition) is 0. The molecule has 1 aliphatic heterocycles. The molecule has 1 saturated heterocycles. The van der Waals surface area contributed by atoms with Gasteiger partial charge in [0.05, 0.1) is 0 Å². The Balaban J connectivity index is 0.00000169. The van der Waals surface area contributed by atoms with E-state index in [4.69, 9.17) is 4.74 Å². The van der Waals surface area contributed by atoms with Gasteiger partial charge >= 0.3 is 18.9 Å². The van der Waals surface area contributed by atoms with Crippen LogP contribution >= 0.6 is 0 Å². The van der Waals surface area contributed by atoms with Crippen LogP contribution in [0, 0.1) is 17.9 Å². The molecule has 0 unspecified atom stereocenters. The SMILES string of the molecule is C/C=C/[C@H]1C[C@@H](C(C)(C)C)C[CH-]O1.[Li+]. The largest absolute Gasteiger partial charge is 1.00 e. The average Bonchev–Trinajstić information content (AvgIpc) is 2.04. The summed E-state index contributed by atoms with van der Waals surface area (Å²) in [6, 6.07) is 0. The molecular formula is C12H21LiO. The minimum absolute atomic E-state index is 0. The molecule has 0 aromatic carbocycles. The Kier molecular flexibility index (Phi) is 6.13. The molecule has 1 heterocycles. The molecule has 0 aromatic heterocycles. The van der Waals surface area contributed by atoms with Crippen LogP contribution in [0.5, 0.6) is 0 Å². The first-order valence-electron chi connectivity index (χ1n) is 5.14.